The molecule has 3 heteroatoms. The number of rotatable bonds is 8. The maximum Gasteiger partial charge on any atom is 0.158 e. The molecule has 0 radical (unpaired) electrons. The van der Waals surface area contributed by atoms with E-state index in [1.165, 1.54) is 11.1 Å². The maximum absolute atomic E-state index is 11.1. The van der Waals surface area contributed by atoms with Crippen molar-refractivity contribution in [3.8, 4) is 16.9 Å². The Labute approximate surface area is 151 Å². The third-order valence-corrected chi connectivity index (χ3v) is 4.09. The van der Waals surface area contributed by atoms with Crippen molar-refractivity contribution in [2.45, 2.75) is 39.5 Å². The molecular formula is C22H28O3. The summed E-state index contributed by atoms with van der Waals surface area (Å²) in [5.74, 6) is 0.919. The third-order valence-electron chi connectivity index (χ3n) is 4.09. The van der Waals surface area contributed by atoms with E-state index in [0.717, 1.165) is 11.3 Å². The van der Waals surface area contributed by atoms with Crippen molar-refractivity contribution < 1.29 is 14.3 Å². The second-order valence-corrected chi connectivity index (χ2v) is 7.15. The van der Waals surface area contributed by atoms with Crippen LogP contribution < -0.4 is 4.74 Å². The van der Waals surface area contributed by atoms with Crippen LogP contribution in [0.4, 0.5) is 0 Å². The van der Waals surface area contributed by atoms with E-state index in [4.69, 9.17) is 9.47 Å². The van der Waals surface area contributed by atoms with Crippen molar-refractivity contribution in [1.82, 2.24) is 0 Å². The largest absolute Gasteiger partial charge is 0.491 e. The Hall–Kier alpha value is -2.13. The summed E-state index contributed by atoms with van der Waals surface area (Å²) in [5.41, 5.74) is 3.86. The van der Waals surface area contributed by atoms with Gasteiger partial charge in [0.25, 0.3) is 0 Å². The maximum atomic E-state index is 11.1. The van der Waals surface area contributed by atoms with Gasteiger partial charge in [-0.25, -0.2) is 0 Å². The van der Waals surface area contributed by atoms with E-state index in [2.05, 4.69) is 57.2 Å². The van der Waals surface area contributed by atoms with Gasteiger partial charge in [0.2, 0.25) is 0 Å². The highest BCUT2D eigenvalue weighted by molar-refractivity contribution is 5.79. The summed E-state index contributed by atoms with van der Waals surface area (Å²) < 4.78 is 10.9. The number of carbonyl (C=O) groups is 1. The zero-order valence-corrected chi connectivity index (χ0v) is 15.7. The van der Waals surface area contributed by atoms with Gasteiger partial charge in [0.1, 0.15) is 19.0 Å². The molecule has 3 nitrogen and oxygen atoms in total. The molecule has 0 saturated carbocycles. The number of carbonyl (C=O) groups excluding carboxylic acids is 1. The van der Waals surface area contributed by atoms with E-state index in [1.807, 2.05) is 19.1 Å². The molecule has 0 spiro atoms. The molecule has 0 aliphatic rings. The van der Waals surface area contributed by atoms with Gasteiger partial charge in [-0.2, -0.15) is 0 Å². The van der Waals surface area contributed by atoms with Gasteiger partial charge >= 0.3 is 0 Å². The van der Waals surface area contributed by atoms with Crippen molar-refractivity contribution in [3.63, 3.8) is 0 Å². The van der Waals surface area contributed by atoms with Crippen molar-refractivity contribution >= 4 is 5.78 Å². The summed E-state index contributed by atoms with van der Waals surface area (Å²) in [4.78, 5) is 11.1. The number of hydrogen-bond acceptors (Lipinski definition) is 3. The zero-order chi connectivity index (χ0) is 18.3. The molecule has 2 aromatic carbocycles. The molecule has 2 aromatic rings. The van der Waals surface area contributed by atoms with Crippen LogP contribution >= 0.6 is 0 Å². The SMILES string of the molecule is CCC(=O)COCCOc1ccc(-c2ccc(C(C)(C)C)cc2)cc1. The molecule has 0 aromatic heterocycles. The second-order valence-electron chi connectivity index (χ2n) is 7.15. The van der Waals surface area contributed by atoms with Crippen molar-refractivity contribution in [2.75, 3.05) is 19.8 Å². The fourth-order valence-electron chi connectivity index (χ4n) is 2.41. The molecule has 0 bridgehead atoms. The summed E-state index contributed by atoms with van der Waals surface area (Å²) in [6.45, 7) is 9.52. The minimum Gasteiger partial charge on any atom is -0.491 e. The molecule has 0 fully saturated rings. The second kappa shape index (κ2) is 8.82. The first-order valence-corrected chi connectivity index (χ1v) is 8.83. The molecule has 0 heterocycles. The number of hydrogen-bond donors (Lipinski definition) is 0. The van der Waals surface area contributed by atoms with Crippen LogP contribution in [0.5, 0.6) is 5.75 Å². The highest BCUT2D eigenvalue weighted by Gasteiger charge is 2.13. The molecule has 0 saturated heterocycles. The fourth-order valence-corrected chi connectivity index (χ4v) is 2.41. The zero-order valence-electron chi connectivity index (χ0n) is 15.7. The van der Waals surface area contributed by atoms with Crippen molar-refractivity contribution in [3.05, 3.63) is 54.1 Å². The van der Waals surface area contributed by atoms with Crippen LogP contribution in [-0.2, 0) is 14.9 Å². The lowest BCUT2D eigenvalue weighted by Crippen LogP contribution is -2.12. The number of ether oxygens (including phenoxy) is 2. The average Bonchev–Trinajstić information content (AvgIpc) is 2.61. The first kappa shape index (κ1) is 19.2. The summed E-state index contributed by atoms with van der Waals surface area (Å²) in [5, 5.41) is 0. The van der Waals surface area contributed by atoms with Gasteiger partial charge in [0, 0.05) is 6.42 Å². The lowest BCUT2D eigenvalue weighted by molar-refractivity contribution is -0.123. The van der Waals surface area contributed by atoms with Crippen LogP contribution in [0.1, 0.15) is 39.7 Å². The number of ketones is 1. The highest BCUT2D eigenvalue weighted by atomic mass is 16.5. The van der Waals surface area contributed by atoms with E-state index >= 15 is 0 Å². The van der Waals surface area contributed by atoms with Gasteiger partial charge in [0.05, 0.1) is 6.61 Å². The molecule has 2 rings (SSSR count). The molecule has 0 atom stereocenters. The normalized spacial score (nSPS) is 11.4. The van der Waals surface area contributed by atoms with Crippen LogP contribution in [0.25, 0.3) is 11.1 Å². The molecule has 0 unspecified atom stereocenters. The van der Waals surface area contributed by atoms with Gasteiger partial charge in [0.15, 0.2) is 5.78 Å². The van der Waals surface area contributed by atoms with Gasteiger partial charge < -0.3 is 9.47 Å². The first-order valence-electron chi connectivity index (χ1n) is 8.83. The van der Waals surface area contributed by atoms with E-state index in [1.54, 1.807) is 0 Å². The predicted molar refractivity (Wildman–Crippen MR) is 102 cm³/mol. The van der Waals surface area contributed by atoms with Gasteiger partial charge in [-0.1, -0.05) is 64.1 Å². The smallest absolute Gasteiger partial charge is 0.158 e. The Balaban J connectivity index is 1.86. The monoisotopic (exact) mass is 340 g/mol. The minimum absolute atomic E-state index is 0.113. The molecule has 0 N–H and O–H groups in total. The van der Waals surface area contributed by atoms with Crippen LogP contribution in [0.2, 0.25) is 0 Å². The quantitative estimate of drug-likeness (QED) is 0.633. The van der Waals surface area contributed by atoms with E-state index in [9.17, 15) is 4.79 Å². The predicted octanol–water partition coefficient (Wildman–Crippen LogP) is 5.03. The lowest BCUT2D eigenvalue weighted by atomic mass is 9.86. The Morgan fingerprint density at radius 2 is 1.44 bits per heavy atom. The van der Waals surface area contributed by atoms with Crippen LogP contribution in [0.3, 0.4) is 0 Å². The van der Waals surface area contributed by atoms with Crippen LogP contribution in [-0.4, -0.2) is 25.6 Å². The standard InChI is InChI=1S/C22H28O3/c1-5-20(23)16-24-14-15-25-21-12-8-18(9-13-21)17-6-10-19(11-7-17)22(2,3)4/h6-13H,5,14-16H2,1-4H3. The summed E-state index contributed by atoms with van der Waals surface area (Å²) in [7, 11) is 0. The minimum atomic E-state index is 0.113. The fraction of sp³-hybridized carbons (Fsp3) is 0.409. The summed E-state index contributed by atoms with van der Waals surface area (Å²) >= 11 is 0. The Morgan fingerprint density at radius 1 is 0.880 bits per heavy atom. The molecule has 0 aliphatic carbocycles. The topological polar surface area (TPSA) is 35.5 Å². The van der Waals surface area contributed by atoms with Gasteiger partial charge in [-0.05, 0) is 34.2 Å². The van der Waals surface area contributed by atoms with Crippen LogP contribution in [0, 0.1) is 0 Å². The molecule has 0 aliphatic heterocycles. The van der Waals surface area contributed by atoms with E-state index in [-0.39, 0.29) is 17.8 Å². The van der Waals surface area contributed by atoms with Crippen molar-refractivity contribution in [1.29, 1.82) is 0 Å². The first-order chi connectivity index (χ1) is 11.9. The van der Waals surface area contributed by atoms with Gasteiger partial charge in [-0.3, -0.25) is 4.79 Å². The Kier molecular flexibility index (Phi) is 6.77. The molecule has 0 amide bonds. The third kappa shape index (κ3) is 6.02. The molecule has 25 heavy (non-hydrogen) atoms. The average molecular weight is 340 g/mol. The molecular weight excluding hydrogens is 312 g/mol. The molecule has 134 valence electrons. The van der Waals surface area contributed by atoms with Crippen LogP contribution in [0.15, 0.2) is 48.5 Å². The van der Waals surface area contributed by atoms with Crippen molar-refractivity contribution in [2.24, 2.45) is 0 Å². The van der Waals surface area contributed by atoms with E-state index in [0.29, 0.717) is 19.6 Å². The summed E-state index contributed by atoms with van der Waals surface area (Å²) in [6, 6.07) is 16.7. The lowest BCUT2D eigenvalue weighted by Gasteiger charge is -2.19. The summed E-state index contributed by atoms with van der Waals surface area (Å²) in [6.07, 6.45) is 0.513. The highest BCUT2D eigenvalue weighted by Crippen LogP contribution is 2.27. The van der Waals surface area contributed by atoms with E-state index < -0.39 is 0 Å². The Morgan fingerprint density at radius 3 is 1.96 bits per heavy atom. The number of benzene rings is 2. The Bertz CT molecular complexity index is 664. The van der Waals surface area contributed by atoms with Gasteiger partial charge in [-0.15, -0.1) is 0 Å². The number of Topliss-reactive ketones (excluding diaryl/α,β-unsaturated/α-hetero) is 1.